The molecule has 0 bridgehead atoms. The smallest absolute Gasteiger partial charge is 0.125 e. The van der Waals surface area contributed by atoms with Gasteiger partial charge in [-0.25, -0.2) is 4.98 Å². The summed E-state index contributed by atoms with van der Waals surface area (Å²) in [6, 6.07) is 4.07. The Kier molecular flexibility index (Phi) is 4.37. The van der Waals surface area contributed by atoms with Crippen LogP contribution in [0.15, 0.2) is 18.3 Å². The Bertz CT molecular complexity index is 346. The van der Waals surface area contributed by atoms with Crippen LogP contribution in [-0.4, -0.2) is 18.1 Å². The molecular formula is C14H22N2O. The average Bonchev–Trinajstić information content (AvgIpc) is 2.38. The largest absolute Gasteiger partial charge is 0.374 e. The van der Waals surface area contributed by atoms with Gasteiger partial charge in [-0.2, -0.15) is 0 Å². The number of anilines is 1. The van der Waals surface area contributed by atoms with Crippen molar-refractivity contribution in [3.8, 4) is 0 Å². The quantitative estimate of drug-likeness (QED) is 0.868. The summed E-state index contributed by atoms with van der Waals surface area (Å²) in [6.07, 6.45) is 7.33. The van der Waals surface area contributed by atoms with Gasteiger partial charge in [0.2, 0.25) is 0 Å². The summed E-state index contributed by atoms with van der Waals surface area (Å²) < 4.78 is 5.96. The lowest BCUT2D eigenvalue weighted by Gasteiger charge is -2.26. The highest BCUT2D eigenvalue weighted by molar-refractivity contribution is 5.36. The standard InChI is InChI=1S/C14H22N2O/c1-11-3-5-13(6-4-11)17-10-12-7-8-16-14(9-12)15-2/h7-9,11,13H,3-6,10H2,1-2H3,(H,15,16). The van der Waals surface area contributed by atoms with E-state index in [1.54, 1.807) is 0 Å². The number of ether oxygens (including phenoxy) is 1. The molecule has 0 unspecified atom stereocenters. The van der Waals surface area contributed by atoms with Crippen molar-refractivity contribution < 1.29 is 4.74 Å². The number of nitrogens with one attached hydrogen (secondary N) is 1. The zero-order chi connectivity index (χ0) is 12.1. The third-order valence-corrected chi connectivity index (χ3v) is 3.53. The molecule has 1 aromatic rings. The SMILES string of the molecule is CNc1cc(COC2CCC(C)CC2)ccn1. The first-order chi connectivity index (χ1) is 8.28. The van der Waals surface area contributed by atoms with Crippen LogP contribution in [0.1, 0.15) is 38.2 Å². The second kappa shape index (κ2) is 6.01. The zero-order valence-electron chi connectivity index (χ0n) is 10.8. The highest BCUT2D eigenvalue weighted by Gasteiger charge is 2.18. The number of pyridine rings is 1. The molecule has 1 fully saturated rings. The Balaban J connectivity index is 1.81. The second-order valence-electron chi connectivity index (χ2n) is 4.99. The fourth-order valence-electron chi connectivity index (χ4n) is 2.31. The molecule has 1 saturated carbocycles. The predicted octanol–water partition coefficient (Wildman–Crippen LogP) is 3.22. The van der Waals surface area contributed by atoms with Gasteiger partial charge in [-0.05, 0) is 49.3 Å². The maximum Gasteiger partial charge on any atom is 0.125 e. The molecule has 0 saturated heterocycles. The van der Waals surface area contributed by atoms with Crippen LogP contribution in [0.3, 0.4) is 0 Å². The molecule has 0 amide bonds. The van der Waals surface area contributed by atoms with Crippen LogP contribution in [0, 0.1) is 5.92 Å². The molecule has 1 aliphatic rings. The lowest BCUT2D eigenvalue weighted by atomic mass is 9.89. The molecule has 17 heavy (non-hydrogen) atoms. The number of hydrogen-bond acceptors (Lipinski definition) is 3. The summed E-state index contributed by atoms with van der Waals surface area (Å²) in [5.41, 5.74) is 1.20. The van der Waals surface area contributed by atoms with Gasteiger partial charge in [0.05, 0.1) is 12.7 Å². The maximum atomic E-state index is 5.96. The molecule has 1 N–H and O–H groups in total. The zero-order valence-corrected chi connectivity index (χ0v) is 10.8. The van der Waals surface area contributed by atoms with Crippen LogP contribution in [0.4, 0.5) is 5.82 Å². The summed E-state index contributed by atoms with van der Waals surface area (Å²) in [7, 11) is 1.88. The molecule has 0 spiro atoms. The van der Waals surface area contributed by atoms with Gasteiger partial charge in [0.1, 0.15) is 5.82 Å². The molecule has 3 heteroatoms. The highest BCUT2D eigenvalue weighted by Crippen LogP contribution is 2.26. The van der Waals surface area contributed by atoms with E-state index in [0.717, 1.165) is 11.7 Å². The van der Waals surface area contributed by atoms with Crippen molar-refractivity contribution in [2.75, 3.05) is 12.4 Å². The van der Waals surface area contributed by atoms with E-state index < -0.39 is 0 Å². The van der Waals surface area contributed by atoms with E-state index in [0.29, 0.717) is 12.7 Å². The molecule has 0 aliphatic heterocycles. The van der Waals surface area contributed by atoms with Crippen molar-refractivity contribution in [3.63, 3.8) is 0 Å². The first-order valence-electron chi connectivity index (χ1n) is 6.52. The van der Waals surface area contributed by atoms with Gasteiger partial charge in [-0.15, -0.1) is 0 Å². The van der Waals surface area contributed by atoms with Gasteiger partial charge in [0, 0.05) is 13.2 Å². The first-order valence-corrected chi connectivity index (χ1v) is 6.52. The minimum Gasteiger partial charge on any atom is -0.374 e. The molecule has 0 radical (unpaired) electrons. The monoisotopic (exact) mass is 234 g/mol. The van der Waals surface area contributed by atoms with Crippen molar-refractivity contribution in [3.05, 3.63) is 23.9 Å². The Morgan fingerprint density at radius 2 is 2.12 bits per heavy atom. The van der Waals surface area contributed by atoms with Gasteiger partial charge in [0.25, 0.3) is 0 Å². The van der Waals surface area contributed by atoms with Crippen LogP contribution in [0.2, 0.25) is 0 Å². The molecule has 0 aromatic carbocycles. The van der Waals surface area contributed by atoms with Crippen LogP contribution in [0.5, 0.6) is 0 Å². The third-order valence-electron chi connectivity index (χ3n) is 3.53. The Morgan fingerprint density at radius 3 is 2.82 bits per heavy atom. The van der Waals surface area contributed by atoms with E-state index in [9.17, 15) is 0 Å². The molecule has 1 aromatic heterocycles. The summed E-state index contributed by atoms with van der Waals surface area (Å²) in [4.78, 5) is 4.20. The van der Waals surface area contributed by atoms with Crippen LogP contribution < -0.4 is 5.32 Å². The Hall–Kier alpha value is -1.09. The number of aromatic nitrogens is 1. The highest BCUT2D eigenvalue weighted by atomic mass is 16.5. The van der Waals surface area contributed by atoms with Crippen LogP contribution in [0.25, 0.3) is 0 Å². The fraction of sp³-hybridized carbons (Fsp3) is 0.643. The summed E-state index contributed by atoms with van der Waals surface area (Å²) in [5, 5.41) is 3.04. The van der Waals surface area contributed by atoms with E-state index >= 15 is 0 Å². The maximum absolute atomic E-state index is 5.96. The van der Waals surface area contributed by atoms with Crippen molar-refractivity contribution >= 4 is 5.82 Å². The van der Waals surface area contributed by atoms with E-state index in [1.807, 2.05) is 25.4 Å². The number of rotatable bonds is 4. The molecule has 1 aliphatic carbocycles. The predicted molar refractivity (Wildman–Crippen MR) is 70.0 cm³/mol. The average molecular weight is 234 g/mol. The van der Waals surface area contributed by atoms with Gasteiger partial charge >= 0.3 is 0 Å². The normalized spacial score (nSPS) is 24.6. The molecule has 1 heterocycles. The summed E-state index contributed by atoms with van der Waals surface area (Å²) >= 11 is 0. The minimum atomic E-state index is 0.456. The number of nitrogens with zero attached hydrogens (tertiary/aromatic N) is 1. The topological polar surface area (TPSA) is 34.1 Å². The molecule has 3 nitrogen and oxygen atoms in total. The molecule has 0 atom stereocenters. The van der Waals surface area contributed by atoms with Crippen molar-refractivity contribution in [1.29, 1.82) is 0 Å². The first kappa shape index (κ1) is 12.4. The minimum absolute atomic E-state index is 0.456. The molecule has 2 rings (SSSR count). The second-order valence-corrected chi connectivity index (χ2v) is 4.99. The van der Waals surface area contributed by atoms with Crippen LogP contribution in [-0.2, 0) is 11.3 Å². The number of hydrogen-bond donors (Lipinski definition) is 1. The van der Waals surface area contributed by atoms with Crippen molar-refractivity contribution in [1.82, 2.24) is 4.98 Å². The molecule has 94 valence electrons. The van der Waals surface area contributed by atoms with Crippen molar-refractivity contribution in [2.45, 2.75) is 45.3 Å². The fourth-order valence-corrected chi connectivity index (χ4v) is 2.31. The third kappa shape index (κ3) is 3.70. The van der Waals surface area contributed by atoms with E-state index in [4.69, 9.17) is 4.74 Å². The molecular weight excluding hydrogens is 212 g/mol. The van der Waals surface area contributed by atoms with Gasteiger partial charge in [-0.1, -0.05) is 6.92 Å². The van der Waals surface area contributed by atoms with E-state index in [2.05, 4.69) is 17.2 Å². The van der Waals surface area contributed by atoms with Crippen LogP contribution >= 0.6 is 0 Å². The van der Waals surface area contributed by atoms with Gasteiger partial charge in [0.15, 0.2) is 0 Å². The Labute approximate surface area is 104 Å². The van der Waals surface area contributed by atoms with Crippen molar-refractivity contribution in [2.24, 2.45) is 5.92 Å². The van der Waals surface area contributed by atoms with Gasteiger partial charge in [-0.3, -0.25) is 0 Å². The summed E-state index contributed by atoms with van der Waals surface area (Å²) in [6.45, 7) is 3.04. The lowest BCUT2D eigenvalue weighted by molar-refractivity contribution is 0.00877. The lowest BCUT2D eigenvalue weighted by Crippen LogP contribution is -2.20. The van der Waals surface area contributed by atoms with E-state index in [1.165, 1.54) is 31.2 Å². The van der Waals surface area contributed by atoms with E-state index in [-0.39, 0.29) is 0 Å². The Morgan fingerprint density at radius 1 is 1.35 bits per heavy atom. The van der Waals surface area contributed by atoms with Gasteiger partial charge < -0.3 is 10.1 Å². The summed E-state index contributed by atoms with van der Waals surface area (Å²) in [5.74, 6) is 1.79.